The fraction of sp³-hybridized carbons (Fsp3) is 0.556. The quantitative estimate of drug-likeness (QED) is 0.771. The summed E-state index contributed by atoms with van der Waals surface area (Å²) in [6, 6.07) is 7.78. The van der Waals surface area contributed by atoms with Crippen molar-refractivity contribution in [2.45, 2.75) is 38.1 Å². The summed E-state index contributed by atoms with van der Waals surface area (Å²) in [6.45, 7) is 1.06. The summed E-state index contributed by atoms with van der Waals surface area (Å²) in [5.74, 6) is 0.0799. The molecule has 2 fully saturated rings. The van der Waals surface area contributed by atoms with Gasteiger partial charge in [-0.05, 0) is 43.5 Å². The maximum atomic E-state index is 12.6. The summed E-state index contributed by atoms with van der Waals surface area (Å²) in [5, 5.41) is 3.16. The molecule has 5 nitrogen and oxygen atoms in total. The zero-order chi connectivity index (χ0) is 17.1. The van der Waals surface area contributed by atoms with Crippen LogP contribution in [0.2, 0.25) is 0 Å². The number of anilines is 1. The summed E-state index contributed by atoms with van der Waals surface area (Å²) < 4.78 is 0.925. The predicted octanol–water partition coefficient (Wildman–Crippen LogP) is 2.86. The van der Waals surface area contributed by atoms with Crippen molar-refractivity contribution in [3.63, 3.8) is 0 Å². The number of hydrogen-bond acceptors (Lipinski definition) is 3. The van der Waals surface area contributed by atoms with Gasteiger partial charge in [0.1, 0.15) is 0 Å². The number of hydrogen-bond donors (Lipinski definition) is 2. The van der Waals surface area contributed by atoms with E-state index in [0.717, 1.165) is 29.4 Å². The molecule has 3 atom stereocenters. The van der Waals surface area contributed by atoms with Crippen LogP contribution in [0.15, 0.2) is 28.7 Å². The number of nitrogens with one attached hydrogen (secondary N) is 1. The van der Waals surface area contributed by atoms with Crippen molar-refractivity contribution < 1.29 is 9.59 Å². The normalized spacial score (nSPS) is 26.2. The van der Waals surface area contributed by atoms with Gasteiger partial charge in [0.25, 0.3) is 0 Å². The first-order chi connectivity index (χ1) is 11.6. The molecule has 138 valence electrons. The molecule has 1 aromatic carbocycles. The van der Waals surface area contributed by atoms with Crippen LogP contribution in [0, 0.1) is 11.8 Å². The van der Waals surface area contributed by atoms with Gasteiger partial charge in [0, 0.05) is 29.2 Å². The molecule has 1 heterocycles. The minimum absolute atomic E-state index is 0. The van der Waals surface area contributed by atoms with Gasteiger partial charge in [0.05, 0.1) is 5.92 Å². The summed E-state index contributed by atoms with van der Waals surface area (Å²) >= 11 is 3.42. The first-order valence-electron chi connectivity index (χ1n) is 8.65. The van der Waals surface area contributed by atoms with E-state index >= 15 is 0 Å². The van der Waals surface area contributed by atoms with Crippen LogP contribution < -0.4 is 16.0 Å². The van der Waals surface area contributed by atoms with E-state index in [0.29, 0.717) is 19.0 Å². The maximum Gasteiger partial charge on any atom is 0.227 e. The first-order valence-corrected chi connectivity index (χ1v) is 9.44. The monoisotopic (exact) mass is 429 g/mol. The van der Waals surface area contributed by atoms with Crippen LogP contribution in [0.1, 0.15) is 32.1 Å². The molecule has 1 aliphatic heterocycles. The molecule has 1 saturated heterocycles. The Kier molecular flexibility index (Phi) is 7.28. The SMILES string of the molecule is Cl.NCC1CCCCC1NC(=O)C1CC(=O)N(c2cccc(Br)c2)C1. The number of rotatable bonds is 4. The van der Waals surface area contributed by atoms with Gasteiger partial charge < -0.3 is 16.0 Å². The summed E-state index contributed by atoms with van der Waals surface area (Å²) in [5.41, 5.74) is 6.67. The van der Waals surface area contributed by atoms with Gasteiger partial charge in [-0.1, -0.05) is 34.8 Å². The lowest BCUT2D eigenvalue weighted by Gasteiger charge is -2.32. The highest BCUT2D eigenvalue weighted by Crippen LogP contribution is 2.28. The zero-order valence-corrected chi connectivity index (χ0v) is 16.5. The van der Waals surface area contributed by atoms with Crippen molar-refractivity contribution in [2.24, 2.45) is 17.6 Å². The lowest BCUT2D eigenvalue weighted by molar-refractivity contribution is -0.127. The van der Waals surface area contributed by atoms with Gasteiger partial charge in [0.15, 0.2) is 0 Å². The molecule has 3 unspecified atom stereocenters. The number of carbonyl (C=O) groups is 2. The van der Waals surface area contributed by atoms with E-state index in [1.165, 1.54) is 6.42 Å². The smallest absolute Gasteiger partial charge is 0.227 e. The number of benzene rings is 1. The molecule has 1 aliphatic carbocycles. The second-order valence-corrected chi connectivity index (χ2v) is 7.70. The molecule has 3 rings (SSSR count). The van der Waals surface area contributed by atoms with Gasteiger partial charge in [0.2, 0.25) is 11.8 Å². The average molecular weight is 431 g/mol. The van der Waals surface area contributed by atoms with Crippen molar-refractivity contribution in [1.29, 1.82) is 0 Å². The maximum absolute atomic E-state index is 12.6. The molecule has 7 heteroatoms. The highest BCUT2D eigenvalue weighted by Gasteiger charge is 2.36. The van der Waals surface area contributed by atoms with E-state index in [2.05, 4.69) is 21.2 Å². The van der Waals surface area contributed by atoms with Crippen LogP contribution in [-0.2, 0) is 9.59 Å². The fourth-order valence-electron chi connectivity index (χ4n) is 3.76. The predicted molar refractivity (Wildman–Crippen MR) is 105 cm³/mol. The summed E-state index contributed by atoms with van der Waals surface area (Å²) in [4.78, 5) is 26.7. The van der Waals surface area contributed by atoms with Crippen LogP contribution >= 0.6 is 28.3 Å². The Balaban J connectivity index is 0.00000225. The van der Waals surface area contributed by atoms with E-state index in [1.54, 1.807) is 4.90 Å². The Morgan fingerprint density at radius 1 is 1.32 bits per heavy atom. The van der Waals surface area contributed by atoms with Crippen LogP contribution in [0.4, 0.5) is 5.69 Å². The standard InChI is InChI=1S/C18H24BrN3O2.ClH/c19-14-5-3-6-15(9-14)22-11-13(8-17(22)23)18(24)21-16-7-2-1-4-12(16)10-20;/h3,5-6,9,12-13,16H,1-2,4,7-8,10-11,20H2,(H,21,24);1H. The topological polar surface area (TPSA) is 75.4 Å². The summed E-state index contributed by atoms with van der Waals surface area (Å²) in [6.07, 6.45) is 4.67. The van der Waals surface area contributed by atoms with Crippen molar-refractivity contribution >= 4 is 45.8 Å². The molecule has 3 N–H and O–H groups in total. The number of halogens is 2. The third-order valence-electron chi connectivity index (χ3n) is 5.16. The molecule has 1 saturated carbocycles. The van der Waals surface area contributed by atoms with E-state index < -0.39 is 0 Å². The Labute approximate surface area is 163 Å². The van der Waals surface area contributed by atoms with E-state index in [-0.39, 0.29) is 42.6 Å². The Hall–Kier alpha value is -1.11. The zero-order valence-electron chi connectivity index (χ0n) is 14.1. The highest BCUT2D eigenvalue weighted by atomic mass is 79.9. The van der Waals surface area contributed by atoms with Gasteiger partial charge in [-0.25, -0.2) is 0 Å². The number of carbonyl (C=O) groups excluding carboxylic acids is 2. The lowest BCUT2D eigenvalue weighted by Crippen LogP contribution is -2.47. The molecule has 2 aliphatic rings. The fourth-order valence-corrected chi connectivity index (χ4v) is 4.14. The molecular formula is C18H25BrClN3O2. The van der Waals surface area contributed by atoms with E-state index in [1.807, 2.05) is 24.3 Å². The second-order valence-electron chi connectivity index (χ2n) is 6.78. The van der Waals surface area contributed by atoms with Gasteiger partial charge in [-0.2, -0.15) is 0 Å². The highest BCUT2D eigenvalue weighted by molar-refractivity contribution is 9.10. The van der Waals surface area contributed by atoms with Gasteiger partial charge in [-0.3, -0.25) is 9.59 Å². The van der Waals surface area contributed by atoms with Crippen molar-refractivity contribution in [3.8, 4) is 0 Å². The Morgan fingerprint density at radius 2 is 2.08 bits per heavy atom. The Morgan fingerprint density at radius 3 is 2.80 bits per heavy atom. The van der Waals surface area contributed by atoms with Gasteiger partial charge in [-0.15, -0.1) is 12.4 Å². The van der Waals surface area contributed by atoms with E-state index in [4.69, 9.17) is 5.73 Å². The largest absolute Gasteiger partial charge is 0.353 e. The van der Waals surface area contributed by atoms with Crippen LogP contribution in [0.5, 0.6) is 0 Å². The number of nitrogens with zero attached hydrogens (tertiary/aromatic N) is 1. The van der Waals surface area contributed by atoms with Gasteiger partial charge >= 0.3 is 0 Å². The lowest BCUT2D eigenvalue weighted by atomic mass is 9.84. The minimum atomic E-state index is -0.281. The first kappa shape index (κ1) is 20.2. The second kappa shape index (κ2) is 9.01. The molecule has 0 radical (unpaired) electrons. The molecule has 1 aromatic rings. The average Bonchev–Trinajstić information content (AvgIpc) is 2.97. The molecule has 2 amide bonds. The Bertz CT molecular complexity index is 628. The van der Waals surface area contributed by atoms with Crippen molar-refractivity contribution in [3.05, 3.63) is 28.7 Å². The summed E-state index contributed by atoms with van der Waals surface area (Å²) in [7, 11) is 0. The third kappa shape index (κ3) is 4.74. The van der Waals surface area contributed by atoms with Crippen LogP contribution in [0.25, 0.3) is 0 Å². The minimum Gasteiger partial charge on any atom is -0.353 e. The van der Waals surface area contributed by atoms with Crippen LogP contribution in [-0.4, -0.2) is 30.9 Å². The third-order valence-corrected chi connectivity index (χ3v) is 5.65. The molecule has 25 heavy (non-hydrogen) atoms. The molecule has 0 spiro atoms. The number of amides is 2. The van der Waals surface area contributed by atoms with Crippen molar-refractivity contribution in [1.82, 2.24) is 5.32 Å². The molecular weight excluding hydrogens is 406 g/mol. The number of nitrogens with two attached hydrogens (primary N) is 1. The molecule has 0 aromatic heterocycles. The van der Waals surface area contributed by atoms with E-state index in [9.17, 15) is 9.59 Å². The van der Waals surface area contributed by atoms with Crippen molar-refractivity contribution in [2.75, 3.05) is 18.0 Å². The molecule has 0 bridgehead atoms. The van der Waals surface area contributed by atoms with Crippen LogP contribution in [0.3, 0.4) is 0 Å².